The number of rotatable bonds is 7. The van der Waals surface area contributed by atoms with E-state index < -0.39 is 0 Å². The lowest BCUT2D eigenvalue weighted by atomic mass is 10.0. The Morgan fingerprint density at radius 3 is 2.33 bits per heavy atom. The highest BCUT2D eigenvalue weighted by Gasteiger charge is 2.24. The number of likely N-dealkylation sites (tertiary alicyclic amines) is 1. The molecule has 0 aromatic carbocycles. The topological polar surface area (TPSA) is 15.3 Å². The lowest BCUT2D eigenvalue weighted by molar-refractivity contribution is 0.315. The van der Waals surface area contributed by atoms with Gasteiger partial charge in [0.2, 0.25) is 0 Å². The molecular formula is C13H28N2. The van der Waals surface area contributed by atoms with Gasteiger partial charge in [-0.15, -0.1) is 0 Å². The van der Waals surface area contributed by atoms with E-state index in [-0.39, 0.29) is 0 Å². The summed E-state index contributed by atoms with van der Waals surface area (Å²) in [6, 6.07) is 0. The molecule has 1 N–H and O–H groups in total. The fraction of sp³-hybridized carbons (Fsp3) is 1.00. The zero-order valence-corrected chi connectivity index (χ0v) is 10.8. The van der Waals surface area contributed by atoms with Gasteiger partial charge in [-0.05, 0) is 50.7 Å². The number of hydrogen-bond donors (Lipinski definition) is 1. The molecule has 1 aliphatic rings. The van der Waals surface area contributed by atoms with Crippen LogP contribution in [-0.2, 0) is 0 Å². The summed E-state index contributed by atoms with van der Waals surface area (Å²) in [6.45, 7) is 13.3. The standard InChI is InChI=1S/C13H28N2/c1-4-7-14-8-5-6-9-15-10-12(2)13(3)11-15/h12-14H,4-11H2,1-3H3. The van der Waals surface area contributed by atoms with Gasteiger partial charge < -0.3 is 10.2 Å². The lowest BCUT2D eigenvalue weighted by Gasteiger charge is -2.14. The molecule has 0 aromatic rings. The third-order valence-corrected chi connectivity index (χ3v) is 3.57. The monoisotopic (exact) mass is 212 g/mol. The molecule has 15 heavy (non-hydrogen) atoms. The highest BCUT2D eigenvalue weighted by molar-refractivity contribution is 4.78. The van der Waals surface area contributed by atoms with Crippen LogP contribution < -0.4 is 5.32 Å². The highest BCUT2D eigenvalue weighted by atomic mass is 15.1. The van der Waals surface area contributed by atoms with Crippen molar-refractivity contribution in [1.82, 2.24) is 10.2 Å². The molecule has 2 unspecified atom stereocenters. The molecule has 0 aliphatic carbocycles. The largest absolute Gasteiger partial charge is 0.317 e. The van der Waals surface area contributed by atoms with Gasteiger partial charge in [-0.1, -0.05) is 20.8 Å². The number of unbranched alkanes of at least 4 members (excludes halogenated alkanes) is 1. The second kappa shape index (κ2) is 7.24. The van der Waals surface area contributed by atoms with Gasteiger partial charge in [0.1, 0.15) is 0 Å². The molecule has 90 valence electrons. The minimum atomic E-state index is 0.906. The Bertz CT molecular complexity index is 149. The summed E-state index contributed by atoms with van der Waals surface area (Å²) in [7, 11) is 0. The summed E-state index contributed by atoms with van der Waals surface area (Å²) in [5.41, 5.74) is 0. The average Bonchev–Trinajstić information content (AvgIpc) is 2.52. The predicted molar refractivity (Wildman–Crippen MR) is 67.2 cm³/mol. The SMILES string of the molecule is CCCNCCCCN1CC(C)C(C)C1. The molecular weight excluding hydrogens is 184 g/mol. The maximum absolute atomic E-state index is 3.46. The van der Waals surface area contributed by atoms with Gasteiger partial charge in [0.05, 0.1) is 0 Å². The van der Waals surface area contributed by atoms with Crippen molar-refractivity contribution in [3.05, 3.63) is 0 Å². The molecule has 0 aromatic heterocycles. The third-order valence-electron chi connectivity index (χ3n) is 3.57. The van der Waals surface area contributed by atoms with Crippen LogP contribution in [0.1, 0.15) is 40.0 Å². The summed E-state index contributed by atoms with van der Waals surface area (Å²) in [5, 5.41) is 3.46. The summed E-state index contributed by atoms with van der Waals surface area (Å²) in [4.78, 5) is 2.63. The Morgan fingerprint density at radius 1 is 1.07 bits per heavy atom. The average molecular weight is 212 g/mol. The molecule has 0 spiro atoms. The summed E-state index contributed by atoms with van der Waals surface area (Å²) in [5.74, 6) is 1.81. The van der Waals surface area contributed by atoms with Crippen molar-refractivity contribution in [2.24, 2.45) is 11.8 Å². The molecule has 0 saturated carbocycles. The molecule has 1 fully saturated rings. The minimum absolute atomic E-state index is 0.906. The zero-order valence-electron chi connectivity index (χ0n) is 10.8. The Kier molecular flexibility index (Phi) is 6.26. The number of hydrogen-bond acceptors (Lipinski definition) is 2. The van der Waals surface area contributed by atoms with Crippen LogP contribution in [0.3, 0.4) is 0 Å². The van der Waals surface area contributed by atoms with Gasteiger partial charge in [0, 0.05) is 13.1 Å². The van der Waals surface area contributed by atoms with Crippen LogP contribution in [-0.4, -0.2) is 37.6 Å². The van der Waals surface area contributed by atoms with E-state index in [0.717, 1.165) is 11.8 Å². The Labute approximate surface area is 95.4 Å². The third kappa shape index (κ3) is 4.98. The maximum Gasteiger partial charge on any atom is 0.00102 e. The summed E-state index contributed by atoms with van der Waals surface area (Å²) < 4.78 is 0. The van der Waals surface area contributed by atoms with Gasteiger partial charge in [-0.3, -0.25) is 0 Å². The molecule has 1 aliphatic heterocycles. The molecule has 0 amide bonds. The summed E-state index contributed by atoms with van der Waals surface area (Å²) in [6.07, 6.45) is 3.94. The lowest BCUT2D eigenvalue weighted by Crippen LogP contribution is -2.23. The van der Waals surface area contributed by atoms with Crippen LogP contribution in [0.15, 0.2) is 0 Å². The first-order chi connectivity index (χ1) is 7.24. The van der Waals surface area contributed by atoms with Crippen molar-refractivity contribution in [3.8, 4) is 0 Å². The molecule has 1 saturated heterocycles. The number of nitrogens with zero attached hydrogens (tertiary/aromatic N) is 1. The van der Waals surface area contributed by atoms with Gasteiger partial charge >= 0.3 is 0 Å². The highest BCUT2D eigenvalue weighted by Crippen LogP contribution is 2.21. The molecule has 1 rings (SSSR count). The van der Waals surface area contributed by atoms with Crippen molar-refractivity contribution in [3.63, 3.8) is 0 Å². The van der Waals surface area contributed by atoms with Crippen LogP contribution >= 0.6 is 0 Å². The predicted octanol–water partition coefficient (Wildman–Crippen LogP) is 2.35. The minimum Gasteiger partial charge on any atom is -0.317 e. The van der Waals surface area contributed by atoms with E-state index in [4.69, 9.17) is 0 Å². The van der Waals surface area contributed by atoms with Crippen LogP contribution in [0, 0.1) is 11.8 Å². The molecule has 2 nitrogen and oxygen atoms in total. The normalized spacial score (nSPS) is 27.4. The first-order valence-corrected chi connectivity index (χ1v) is 6.67. The van der Waals surface area contributed by atoms with E-state index in [2.05, 4.69) is 31.0 Å². The Hall–Kier alpha value is -0.0800. The van der Waals surface area contributed by atoms with E-state index in [1.54, 1.807) is 0 Å². The zero-order chi connectivity index (χ0) is 11.1. The van der Waals surface area contributed by atoms with Crippen molar-refractivity contribution in [1.29, 1.82) is 0 Å². The van der Waals surface area contributed by atoms with Crippen LogP contribution in [0.25, 0.3) is 0 Å². The fourth-order valence-corrected chi connectivity index (χ4v) is 2.32. The van der Waals surface area contributed by atoms with Gasteiger partial charge in [-0.2, -0.15) is 0 Å². The second-order valence-corrected chi connectivity index (χ2v) is 5.17. The first kappa shape index (κ1) is 13.0. The van der Waals surface area contributed by atoms with E-state index in [1.807, 2.05) is 0 Å². The van der Waals surface area contributed by atoms with Crippen LogP contribution in [0.2, 0.25) is 0 Å². The van der Waals surface area contributed by atoms with Gasteiger partial charge in [0.25, 0.3) is 0 Å². The molecule has 1 heterocycles. The molecule has 2 atom stereocenters. The van der Waals surface area contributed by atoms with E-state index in [9.17, 15) is 0 Å². The van der Waals surface area contributed by atoms with Gasteiger partial charge in [0.15, 0.2) is 0 Å². The number of nitrogens with one attached hydrogen (secondary N) is 1. The quantitative estimate of drug-likeness (QED) is 0.652. The van der Waals surface area contributed by atoms with Gasteiger partial charge in [-0.25, -0.2) is 0 Å². The smallest absolute Gasteiger partial charge is 0.00102 e. The van der Waals surface area contributed by atoms with Crippen molar-refractivity contribution in [2.45, 2.75) is 40.0 Å². The van der Waals surface area contributed by atoms with Crippen molar-refractivity contribution >= 4 is 0 Å². The van der Waals surface area contributed by atoms with Crippen LogP contribution in [0.4, 0.5) is 0 Å². The van der Waals surface area contributed by atoms with E-state index in [0.29, 0.717) is 0 Å². The maximum atomic E-state index is 3.46. The Morgan fingerprint density at radius 2 is 1.73 bits per heavy atom. The fourth-order valence-electron chi connectivity index (χ4n) is 2.32. The molecule has 2 heteroatoms. The van der Waals surface area contributed by atoms with Crippen molar-refractivity contribution in [2.75, 3.05) is 32.7 Å². The summed E-state index contributed by atoms with van der Waals surface area (Å²) >= 11 is 0. The second-order valence-electron chi connectivity index (χ2n) is 5.17. The Balaban J connectivity index is 1.92. The molecule has 0 radical (unpaired) electrons. The first-order valence-electron chi connectivity index (χ1n) is 6.67. The van der Waals surface area contributed by atoms with Crippen LogP contribution in [0.5, 0.6) is 0 Å². The molecule has 0 bridgehead atoms. The van der Waals surface area contributed by atoms with E-state index in [1.165, 1.54) is 52.0 Å². The van der Waals surface area contributed by atoms with Crippen molar-refractivity contribution < 1.29 is 0 Å². The van der Waals surface area contributed by atoms with E-state index >= 15 is 0 Å².